The molecule has 1 aliphatic rings. The van der Waals surface area contributed by atoms with Gasteiger partial charge < -0.3 is 14.2 Å². The third-order valence-electron chi connectivity index (χ3n) is 4.59. The zero-order valence-corrected chi connectivity index (χ0v) is 15.4. The number of likely N-dealkylation sites (tertiary alicyclic amines) is 1. The minimum atomic E-state index is -4.72. The number of amides is 1. The van der Waals surface area contributed by atoms with Crippen LogP contribution in [-0.2, 0) is 6.18 Å². The highest BCUT2D eigenvalue weighted by molar-refractivity contribution is 5.94. The van der Waals surface area contributed by atoms with E-state index < -0.39 is 17.9 Å². The highest BCUT2D eigenvalue weighted by Crippen LogP contribution is 2.30. The number of carbonyl (C=O) groups is 1. The first kappa shape index (κ1) is 19.9. The summed E-state index contributed by atoms with van der Waals surface area (Å²) >= 11 is 0. The second-order valence-electron chi connectivity index (χ2n) is 6.74. The van der Waals surface area contributed by atoms with Crippen LogP contribution in [0, 0.1) is 5.82 Å². The van der Waals surface area contributed by atoms with Gasteiger partial charge in [-0.2, -0.15) is 18.2 Å². The smallest absolute Gasteiger partial charge is 0.471 e. The van der Waals surface area contributed by atoms with Crippen molar-refractivity contribution in [3.05, 3.63) is 65.8 Å². The highest BCUT2D eigenvalue weighted by Gasteiger charge is 2.38. The average Bonchev–Trinajstić information content (AvgIpc) is 3.38. The third-order valence-corrected chi connectivity index (χ3v) is 4.59. The van der Waals surface area contributed by atoms with Crippen LogP contribution < -0.4 is 4.74 Å². The Kier molecular flexibility index (Phi) is 5.15. The van der Waals surface area contributed by atoms with E-state index in [1.807, 2.05) is 0 Å². The van der Waals surface area contributed by atoms with Crippen molar-refractivity contribution in [3.63, 3.8) is 0 Å². The van der Waals surface area contributed by atoms with E-state index in [4.69, 9.17) is 4.74 Å². The first-order valence-corrected chi connectivity index (χ1v) is 9.02. The average molecular weight is 421 g/mol. The van der Waals surface area contributed by atoms with Gasteiger partial charge in [0.2, 0.25) is 5.82 Å². The van der Waals surface area contributed by atoms with Gasteiger partial charge in [0, 0.05) is 24.1 Å². The molecule has 156 valence electrons. The topological polar surface area (TPSA) is 68.5 Å². The van der Waals surface area contributed by atoms with Crippen molar-refractivity contribution < 1.29 is 31.6 Å². The largest absolute Gasteiger partial charge is 0.488 e. The molecule has 1 atom stereocenters. The fourth-order valence-corrected chi connectivity index (χ4v) is 3.14. The summed E-state index contributed by atoms with van der Waals surface area (Å²) in [5, 5.41) is 3.36. The summed E-state index contributed by atoms with van der Waals surface area (Å²) < 4.78 is 61.1. The van der Waals surface area contributed by atoms with Crippen molar-refractivity contribution in [1.29, 1.82) is 0 Å². The number of aromatic nitrogens is 2. The van der Waals surface area contributed by atoms with E-state index in [1.54, 1.807) is 17.0 Å². The van der Waals surface area contributed by atoms with Crippen LogP contribution in [0.4, 0.5) is 17.6 Å². The van der Waals surface area contributed by atoms with Crippen molar-refractivity contribution in [1.82, 2.24) is 15.0 Å². The molecule has 1 aliphatic heterocycles. The van der Waals surface area contributed by atoms with Gasteiger partial charge >= 0.3 is 12.1 Å². The molecule has 2 heterocycles. The maximum absolute atomic E-state index is 13.0. The summed E-state index contributed by atoms with van der Waals surface area (Å²) in [5.41, 5.74) is 0.695. The van der Waals surface area contributed by atoms with Gasteiger partial charge in [-0.15, -0.1) is 0 Å². The number of ether oxygens (including phenoxy) is 1. The van der Waals surface area contributed by atoms with Crippen LogP contribution in [0.2, 0.25) is 0 Å². The van der Waals surface area contributed by atoms with Crippen LogP contribution >= 0.6 is 0 Å². The second-order valence-corrected chi connectivity index (χ2v) is 6.74. The number of halogens is 4. The highest BCUT2D eigenvalue weighted by atomic mass is 19.4. The van der Waals surface area contributed by atoms with Gasteiger partial charge in [0.05, 0.1) is 6.54 Å². The Morgan fingerprint density at radius 3 is 2.63 bits per heavy atom. The molecule has 3 aromatic rings. The fraction of sp³-hybridized carbons (Fsp3) is 0.250. The molecule has 2 aromatic carbocycles. The van der Waals surface area contributed by atoms with Crippen LogP contribution in [0.15, 0.2) is 53.1 Å². The molecule has 0 bridgehead atoms. The van der Waals surface area contributed by atoms with E-state index in [9.17, 15) is 22.4 Å². The lowest BCUT2D eigenvalue weighted by atomic mass is 10.2. The standard InChI is InChI=1S/C20H15F4N3O3/c21-14-6-4-12(5-7-14)18(28)27-9-8-16(11-27)29-15-3-1-2-13(10-15)17-25-19(30-26-17)20(22,23)24/h1-7,10,16H,8-9,11H2. The Hall–Kier alpha value is -3.43. The van der Waals surface area contributed by atoms with Gasteiger partial charge in [-0.05, 0) is 36.4 Å². The maximum Gasteiger partial charge on any atom is 0.471 e. The lowest BCUT2D eigenvalue weighted by Crippen LogP contribution is -2.30. The molecule has 1 saturated heterocycles. The summed E-state index contributed by atoms with van der Waals surface area (Å²) in [6, 6.07) is 11.6. The molecule has 0 N–H and O–H groups in total. The molecule has 10 heteroatoms. The van der Waals surface area contributed by atoms with Gasteiger partial charge in [-0.25, -0.2) is 4.39 Å². The van der Waals surface area contributed by atoms with Gasteiger partial charge in [-0.3, -0.25) is 4.79 Å². The molecule has 1 fully saturated rings. The Morgan fingerprint density at radius 2 is 1.93 bits per heavy atom. The van der Waals surface area contributed by atoms with Crippen molar-refractivity contribution in [2.75, 3.05) is 13.1 Å². The summed E-state index contributed by atoms with van der Waals surface area (Å²) in [6.45, 7) is 0.807. The third kappa shape index (κ3) is 4.27. The molecule has 0 radical (unpaired) electrons. The van der Waals surface area contributed by atoms with Crippen LogP contribution in [0.1, 0.15) is 22.7 Å². The molecular formula is C20H15F4N3O3. The molecular weight excluding hydrogens is 406 g/mol. The summed E-state index contributed by atoms with van der Waals surface area (Å²) in [4.78, 5) is 17.5. The molecule has 1 unspecified atom stereocenters. The van der Waals surface area contributed by atoms with Crippen LogP contribution in [-0.4, -0.2) is 40.1 Å². The molecule has 0 aliphatic carbocycles. The molecule has 4 rings (SSSR count). The van der Waals surface area contributed by atoms with E-state index in [0.29, 0.717) is 36.4 Å². The number of carbonyl (C=O) groups excluding carboxylic acids is 1. The Labute approximate surface area is 168 Å². The lowest BCUT2D eigenvalue weighted by Gasteiger charge is -2.17. The van der Waals surface area contributed by atoms with Crippen molar-refractivity contribution in [3.8, 4) is 17.1 Å². The Balaban J connectivity index is 1.42. The van der Waals surface area contributed by atoms with Gasteiger partial charge in [0.15, 0.2) is 0 Å². The van der Waals surface area contributed by atoms with E-state index in [0.717, 1.165) is 0 Å². The van der Waals surface area contributed by atoms with E-state index in [2.05, 4.69) is 14.7 Å². The Bertz CT molecular complexity index is 1050. The minimum absolute atomic E-state index is 0.202. The van der Waals surface area contributed by atoms with E-state index >= 15 is 0 Å². The predicted octanol–water partition coefficient (Wildman–Crippen LogP) is 4.19. The van der Waals surface area contributed by atoms with Gasteiger partial charge in [0.25, 0.3) is 5.91 Å². The van der Waals surface area contributed by atoms with Gasteiger partial charge in [0.1, 0.15) is 17.7 Å². The molecule has 0 spiro atoms. The SMILES string of the molecule is O=C(c1ccc(F)cc1)N1CCC(Oc2cccc(-c3noc(C(F)(F)F)n3)c2)C1. The summed E-state index contributed by atoms with van der Waals surface area (Å²) in [6.07, 6.45) is -4.43. The Morgan fingerprint density at radius 1 is 1.17 bits per heavy atom. The first-order valence-electron chi connectivity index (χ1n) is 9.02. The van der Waals surface area contributed by atoms with E-state index in [1.165, 1.54) is 36.4 Å². The zero-order valence-electron chi connectivity index (χ0n) is 15.4. The predicted molar refractivity (Wildman–Crippen MR) is 96.1 cm³/mol. The lowest BCUT2D eigenvalue weighted by molar-refractivity contribution is -0.159. The quantitative estimate of drug-likeness (QED) is 0.591. The number of benzene rings is 2. The van der Waals surface area contributed by atoms with Crippen LogP contribution in [0.25, 0.3) is 11.4 Å². The number of alkyl halides is 3. The van der Waals surface area contributed by atoms with Crippen LogP contribution in [0.5, 0.6) is 5.75 Å². The molecule has 1 amide bonds. The monoisotopic (exact) mass is 421 g/mol. The zero-order chi connectivity index (χ0) is 21.3. The number of hydrogen-bond donors (Lipinski definition) is 0. The minimum Gasteiger partial charge on any atom is -0.488 e. The van der Waals surface area contributed by atoms with Crippen molar-refractivity contribution in [2.45, 2.75) is 18.7 Å². The van der Waals surface area contributed by atoms with Gasteiger partial charge in [-0.1, -0.05) is 17.3 Å². The molecule has 0 saturated carbocycles. The first-order chi connectivity index (χ1) is 14.3. The normalized spacial score (nSPS) is 16.7. The number of hydrogen-bond acceptors (Lipinski definition) is 5. The molecule has 30 heavy (non-hydrogen) atoms. The molecule has 6 nitrogen and oxygen atoms in total. The summed E-state index contributed by atoms with van der Waals surface area (Å²) in [5.74, 6) is -1.85. The second kappa shape index (κ2) is 7.77. The van der Waals surface area contributed by atoms with Crippen molar-refractivity contribution in [2.24, 2.45) is 0 Å². The number of nitrogens with zero attached hydrogens (tertiary/aromatic N) is 3. The number of rotatable bonds is 4. The summed E-state index contributed by atoms with van der Waals surface area (Å²) in [7, 11) is 0. The maximum atomic E-state index is 13.0. The van der Waals surface area contributed by atoms with E-state index in [-0.39, 0.29) is 17.8 Å². The molecule has 1 aromatic heterocycles. The van der Waals surface area contributed by atoms with Crippen LogP contribution in [0.3, 0.4) is 0 Å². The van der Waals surface area contributed by atoms with Crippen molar-refractivity contribution >= 4 is 5.91 Å². The fourth-order valence-electron chi connectivity index (χ4n) is 3.14.